The number of fused-ring (bicyclic) bond motifs is 1. The number of nitrogens with one attached hydrogen (secondary N) is 2. The van der Waals surface area contributed by atoms with Crippen LogP contribution in [0, 0.1) is 5.92 Å². The van der Waals surface area contributed by atoms with Gasteiger partial charge in [-0.15, -0.1) is 0 Å². The van der Waals surface area contributed by atoms with Crippen LogP contribution in [0.1, 0.15) is 23.2 Å². The summed E-state index contributed by atoms with van der Waals surface area (Å²) in [4.78, 5) is 15.1. The van der Waals surface area contributed by atoms with Crippen molar-refractivity contribution in [3.05, 3.63) is 78.5 Å². The predicted molar refractivity (Wildman–Crippen MR) is 140 cm³/mol. The number of rotatable bonds is 7. The van der Waals surface area contributed by atoms with Gasteiger partial charge in [-0.3, -0.25) is 4.79 Å². The fraction of sp³-hybridized carbons (Fsp3) is 0.286. The summed E-state index contributed by atoms with van der Waals surface area (Å²) in [6.07, 6.45) is 4.52. The minimum Gasteiger partial charge on any atom is -0.385 e. The van der Waals surface area contributed by atoms with Gasteiger partial charge in [0.15, 0.2) is 0 Å². The highest BCUT2D eigenvalue weighted by atomic mass is 16.5. The molecule has 1 aliphatic carbocycles. The average molecular weight is 468 g/mol. The van der Waals surface area contributed by atoms with E-state index in [1.165, 1.54) is 12.8 Å². The fourth-order valence-electron chi connectivity index (χ4n) is 4.47. The number of hydrogen-bond donors (Lipinski definition) is 2. The van der Waals surface area contributed by atoms with E-state index in [1.54, 1.807) is 0 Å². The molecule has 1 aromatic heterocycles. The maximum absolute atomic E-state index is 12.8. The molecule has 7 nitrogen and oxygen atoms in total. The Kier molecular flexibility index (Phi) is 5.84. The molecule has 2 aliphatic rings. The van der Waals surface area contributed by atoms with Gasteiger partial charge in [-0.1, -0.05) is 0 Å². The van der Waals surface area contributed by atoms with Crippen LogP contribution in [0.5, 0.6) is 0 Å². The molecule has 1 aliphatic heterocycles. The Bertz CT molecular complexity index is 1320. The third kappa shape index (κ3) is 4.86. The van der Waals surface area contributed by atoms with E-state index in [0.29, 0.717) is 5.56 Å². The van der Waals surface area contributed by atoms with E-state index in [0.717, 1.165) is 72.4 Å². The van der Waals surface area contributed by atoms with Gasteiger partial charge in [0.25, 0.3) is 5.91 Å². The second-order valence-corrected chi connectivity index (χ2v) is 9.30. The lowest BCUT2D eigenvalue weighted by Crippen LogP contribution is -2.36. The van der Waals surface area contributed by atoms with Gasteiger partial charge in [0.1, 0.15) is 0 Å². The second kappa shape index (κ2) is 9.43. The monoisotopic (exact) mass is 467 g/mol. The molecule has 0 radical (unpaired) electrons. The maximum Gasteiger partial charge on any atom is 0.255 e. The average Bonchev–Trinajstić information content (AvgIpc) is 3.65. The Morgan fingerprint density at radius 2 is 1.63 bits per heavy atom. The van der Waals surface area contributed by atoms with Gasteiger partial charge in [-0.25, -0.2) is 4.68 Å². The SMILES string of the molecule is O=C(Nc1ccc2c(cnn2-c2ccc(NCC3CC3)cc2)c1)c1ccc(N2CCOCC2)cc1. The maximum atomic E-state index is 12.8. The Morgan fingerprint density at radius 1 is 0.914 bits per heavy atom. The number of aromatic nitrogens is 2. The zero-order valence-electron chi connectivity index (χ0n) is 19.6. The van der Waals surface area contributed by atoms with Crippen LogP contribution >= 0.6 is 0 Å². The first-order valence-electron chi connectivity index (χ1n) is 12.3. The zero-order chi connectivity index (χ0) is 23.6. The number of carbonyl (C=O) groups excluding carboxylic acids is 1. The molecule has 3 aromatic carbocycles. The molecule has 1 saturated heterocycles. The summed E-state index contributed by atoms with van der Waals surface area (Å²) in [7, 11) is 0. The van der Waals surface area contributed by atoms with Gasteiger partial charge in [0.2, 0.25) is 0 Å². The van der Waals surface area contributed by atoms with E-state index in [9.17, 15) is 4.79 Å². The Hall–Kier alpha value is -3.84. The van der Waals surface area contributed by atoms with Gasteiger partial charge in [0.05, 0.1) is 30.6 Å². The van der Waals surface area contributed by atoms with Crippen LogP contribution in [-0.4, -0.2) is 48.5 Å². The van der Waals surface area contributed by atoms with Crippen LogP contribution < -0.4 is 15.5 Å². The molecule has 178 valence electrons. The first-order valence-corrected chi connectivity index (χ1v) is 12.3. The summed E-state index contributed by atoms with van der Waals surface area (Å²) in [5.41, 5.74) is 5.64. The third-order valence-corrected chi connectivity index (χ3v) is 6.74. The quantitative estimate of drug-likeness (QED) is 0.403. The van der Waals surface area contributed by atoms with Crippen molar-refractivity contribution in [2.24, 2.45) is 5.92 Å². The molecule has 7 heteroatoms. The van der Waals surface area contributed by atoms with E-state index < -0.39 is 0 Å². The molecule has 1 saturated carbocycles. The van der Waals surface area contributed by atoms with Crippen LogP contribution in [0.2, 0.25) is 0 Å². The summed E-state index contributed by atoms with van der Waals surface area (Å²) in [6.45, 7) is 4.28. The number of ether oxygens (including phenoxy) is 1. The van der Waals surface area contributed by atoms with Gasteiger partial charge < -0.3 is 20.3 Å². The summed E-state index contributed by atoms with van der Waals surface area (Å²) < 4.78 is 7.34. The van der Waals surface area contributed by atoms with Gasteiger partial charge >= 0.3 is 0 Å². The molecule has 4 aromatic rings. The first kappa shape index (κ1) is 21.7. The van der Waals surface area contributed by atoms with Crippen LogP contribution in [0.25, 0.3) is 16.6 Å². The summed E-state index contributed by atoms with van der Waals surface area (Å²) in [5, 5.41) is 12.1. The number of anilines is 3. The molecule has 2 N–H and O–H groups in total. The number of amides is 1. The van der Waals surface area contributed by atoms with Crippen molar-refractivity contribution < 1.29 is 9.53 Å². The van der Waals surface area contributed by atoms with Gasteiger partial charge in [0, 0.05) is 47.6 Å². The molecule has 2 heterocycles. The lowest BCUT2D eigenvalue weighted by atomic mass is 10.1. The molecule has 0 spiro atoms. The lowest BCUT2D eigenvalue weighted by Gasteiger charge is -2.28. The molecule has 2 fully saturated rings. The highest BCUT2D eigenvalue weighted by Gasteiger charge is 2.20. The van der Waals surface area contributed by atoms with Crippen molar-refractivity contribution in [1.29, 1.82) is 0 Å². The Morgan fingerprint density at radius 3 is 2.37 bits per heavy atom. The highest BCUT2D eigenvalue weighted by molar-refractivity contribution is 6.05. The molecule has 6 rings (SSSR count). The van der Waals surface area contributed by atoms with Gasteiger partial charge in [-0.2, -0.15) is 5.10 Å². The lowest BCUT2D eigenvalue weighted by molar-refractivity contribution is 0.102. The minimum atomic E-state index is -0.125. The van der Waals surface area contributed by atoms with E-state index >= 15 is 0 Å². The summed E-state index contributed by atoms with van der Waals surface area (Å²) in [5.74, 6) is 0.716. The minimum absolute atomic E-state index is 0.125. The van der Waals surface area contributed by atoms with E-state index in [4.69, 9.17) is 4.74 Å². The van der Waals surface area contributed by atoms with Crippen LogP contribution in [0.15, 0.2) is 72.9 Å². The predicted octanol–water partition coefficient (Wildman–Crippen LogP) is 4.94. The molecule has 0 unspecified atom stereocenters. The number of hydrogen-bond acceptors (Lipinski definition) is 5. The van der Waals surface area contributed by atoms with Crippen molar-refractivity contribution >= 4 is 33.9 Å². The largest absolute Gasteiger partial charge is 0.385 e. The first-order chi connectivity index (χ1) is 17.2. The smallest absolute Gasteiger partial charge is 0.255 e. The molecule has 1 amide bonds. The number of carbonyl (C=O) groups is 1. The zero-order valence-corrected chi connectivity index (χ0v) is 19.6. The van der Waals surface area contributed by atoms with Crippen molar-refractivity contribution in [3.63, 3.8) is 0 Å². The van der Waals surface area contributed by atoms with Crippen molar-refractivity contribution in [2.75, 3.05) is 48.4 Å². The van der Waals surface area contributed by atoms with E-state index in [-0.39, 0.29) is 5.91 Å². The number of morpholine rings is 1. The normalized spacial score (nSPS) is 15.8. The van der Waals surface area contributed by atoms with E-state index in [1.807, 2.05) is 53.3 Å². The van der Waals surface area contributed by atoms with Gasteiger partial charge in [-0.05, 0) is 85.5 Å². The second-order valence-electron chi connectivity index (χ2n) is 9.30. The molecule has 0 bridgehead atoms. The Labute approximate surface area is 204 Å². The van der Waals surface area contributed by atoms with Crippen LogP contribution in [0.4, 0.5) is 17.1 Å². The molecule has 35 heavy (non-hydrogen) atoms. The summed E-state index contributed by atoms with van der Waals surface area (Å²) in [6, 6.07) is 22.0. The molecular weight excluding hydrogens is 438 g/mol. The van der Waals surface area contributed by atoms with Crippen molar-refractivity contribution in [3.8, 4) is 5.69 Å². The van der Waals surface area contributed by atoms with E-state index in [2.05, 4.69) is 44.9 Å². The molecule has 0 atom stereocenters. The van der Waals surface area contributed by atoms with Crippen molar-refractivity contribution in [2.45, 2.75) is 12.8 Å². The summed E-state index contributed by atoms with van der Waals surface area (Å²) >= 11 is 0. The molecular formula is C28H29N5O2. The third-order valence-electron chi connectivity index (χ3n) is 6.74. The topological polar surface area (TPSA) is 71.4 Å². The van der Waals surface area contributed by atoms with Crippen molar-refractivity contribution in [1.82, 2.24) is 9.78 Å². The fourth-order valence-corrected chi connectivity index (χ4v) is 4.47. The van der Waals surface area contributed by atoms with Crippen LogP contribution in [0.3, 0.4) is 0 Å². The highest BCUT2D eigenvalue weighted by Crippen LogP contribution is 2.29. The van der Waals surface area contributed by atoms with Crippen LogP contribution in [-0.2, 0) is 4.74 Å². The standard InChI is InChI=1S/C28H29N5O2/c34-28(21-3-8-25(9-4-21)32-13-15-35-16-14-32)31-24-7-12-27-22(17-24)19-30-33(27)26-10-5-23(6-11-26)29-18-20-1-2-20/h3-12,17,19-20,29H,1-2,13-16,18H2,(H,31,34). The number of benzene rings is 3. The number of nitrogens with zero attached hydrogens (tertiary/aromatic N) is 3. The Balaban J connectivity index is 1.13.